The first-order valence-electron chi connectivity index (χ1n) is 5.22. The highest BCUT2D eigenvalue weighted by molar-refractivity contribution is 7.91. The molecule has 0 spiro atoms. The van der Waals surface area contributed by atoms with E-state index >= 15 is 0 Å². The average molecular weight is 234 g/mol. The van der Waals surface area contributed by atoms with Gasteiger partial charge < -0.3 is 11.1 Å². The fourth-order valence-corrected chi connectivity index (χ4v) is 3.15. The Morgan fingerprint density at radius 2 is 1.93 bits per heavy atom. The van der Waals surface area contributed by atoms with E-state index in [-0.39, 0.29) is 23.5 Å². The fourth-order valence-electron chi connectivity index (χ4n) is 1.66. The first kappa shape index (κ1) is 12.4. The molecule has 1 heterocycles. The molecule has 0 bridgehead atoms. The van der Waals surface area contributed by atoms with Crippen molar-refractivity contribution < 1.29 is 13.2 Å². The van der Waals surface area contributed by atoms with Gasteiger partial charge in [0.05, 0.1) is 11.5 Å². The molecule has 3 N–H and O–H groups in total. The normalized spacial score (nSPS) is 21.3. The maximum Gasteiger partial charge on any atom is 0.217 e. The topological polar surface area (TPSA) is 89.3 Å². The van der Waals surface area contributed by atoms with E-state index < -0.39 is 9.84 Å². The van der Waals surface area contributed by atoms with Gasteiger partial charge in [-0.2, -0.15) is 0 Å². The number of hydrogen-bond acceptors (Lipinski definition) is 4. The lowest BCUT2D eigenvalue weighted by Gasteiger charge is -2.22. The number of nitrogens with one attached hydrogen (secondary N) is 1. The van der Waals surface area contributed by atoms with Crippen LogP contribution in [0.1, 0.15) is 25.7 Å². The molecule has 0 atom stereocenters. The molecular weight excluding hydrogens is 216 g/mol. The summed E-state index contributed by atoms with van der Waals surface area (Å²) in [6.07, 6.45) is 2.47. The summed E-state index contributed by atoms with van der Waals surface area (Å²) in [7, 11) is -2.77. The highest BCUT2D eigenvalue weighted by atomic mass is 32.2. The van der Waals surface area contributed by atoms with Crippen LogP contribution in [0.15, 0.2) is 0 Å². The van der Waals surface area contributed by atoms with Crippen LogP contribution in [0.25, 0.3) is 0 Å². The minimum absolute atomic E-state index is 0.278. The van der Waals surface area contributed by atoms with Gasteiger partial charge in [-0.25, -0.2) is 8.42 Å². The lowest BCUT2D eigenvalue weighted by molar-refractivity contribution is -0.118. The number of sulfone groups is 1. The second-order valence-corrected chi connectivity index (χ2v) is 6.25. The van der Waals surface area contributed by atoms with Gasteiger partial charge >= 0.3 is 0 Å². The summed E-state index contributed by atoms with van der Waals surface area (Å²) in [5.74, 6) is 0.268. The molecule has 1 rings (SSSR count). The maximum atomic E-state index is 11.1. The summed E-state index contributed by atoms with van der Waals surface area (Å²) in [5, 5.41) is 3.24. The Kier molecular flexibility index (Phi) is 4.53. The summed E-state index contributed by atoms with van der Waals surface area (Å²) in [5.41, 5.74) is 5.00. The van der Waals surface area contributed by atoms with Crippen molar-refractivity contribution in [1.82, 2.24) is 5.32 Å². The zero-order valence-corrected chi connectivity index (χ0v) is 9.55. The minimum Gasteiger partial charge on any atom is -0.370 e. The minimum atomic E-state index is -2.77. The number of amides is 1. The quantitative estimate of drug-likeness (QED) is 0.623. The molecule has 0 saturated carbocycles. The number of primary amides is 1. The Bertz CT molecular complexity index is 299. The molecule has 1 aliphatic heterocycles. The number of hydrogen-bond donors (Lipinski definition) is 2. The molecule has 5 nitrogen and oxygen atoms in total. The molecule has 6 heteroatoms. The molecule has 15 heavy (non-hydrogen) atoms. The van der Waals surface area contributed by atoms with Crippen molar-refractivity contribution in [3.05, 3.63) is 0 Å². The Morgan fingerprint density at radius 3 is 2.47 bits per heavy atom. The van der Waals surface area contributed by atoms with Crippen molar-refractivity contribution in [3.8, 4) is 0 Å². The lowest BCUT2D eigenvalue weighted by atomic mass is 10.1. The van der Waals surface area contributed by atoms with Gasteiger partial charge in [-0.15, -0.1) is 0 Å². The molecule has 0 aliphatic carbocycles. The van der Waals surface area contributed by atoms with E-state index in [1.807, 2.05) is 0 Å². The van der Waals surface area contributed by atoms with E-state index in [1.54, 1.807) is 0 Å². The predicted octanol–water partition coefficient (Wildman–Crippen LogP) is -0.581. The van der Waals surface area contributed by atoms with Gasteiger partial charge in [0.15, 0.2) is 0 Å². The Hall–Kier alpha value is -0.620. The molecule has 0 radical (unpaired) electrons. The van der Waals surface area contributed by atoms with E-state index in [9.17, 15) is 13.2 Å². The van der Waals surface area contributed by atoms with Gasteiger partial charge in [-0.05, 0) is 25.8 Å². The third-order valence-corrected chi connectivity index (χ3v) is 4.30. The molecular formula is C9H18N2O3S. The summed E-state index contributed by atoms with van der Waals surface area (Å²) >= 11 is 0. The number of carbonyl (C=O) groups is 1. The number of rotatable bonds is 5. The van der Waals surface area contributed by atoms with Crippen LogP contribution in [-0.2, 0) is 14.6 Å². The van der Waals surface area contributed by atoms with Crippen molar-refractivity contribution in [3.63, 3.8) is 0 Å². The van der Waals surface area contributed by atoms with Crippen molar-refractivity contribution >= 4 is 15.7 Å². The zero-order valence-electron chi connectivity index (χ0n) is 8.74. The molecule has 0 aromatic heterocycles. The second-order valence-electron chi connectivity index (χ2n) is 3.95. The first-order valence-corrected chi connectivity index (χ1v) is 7.04. The van der Waals surface area contributed by atoms with E-state index in [0.717, 1.165) is 13.0 Å². The standard InChI is InChI=1S/C9H18N2O3S/c10-9(12)2-1-5-11-8-3-6-15(13,14)7-4-8/h8,11H,1-7H2,(H2,10,12). The molecule has 88 valence electrons. The second kappa shape index (κ2) is 5.46. The van der Waals surface area contributed by atoms with Crippen LogP contribution < -0.4 is 11.1 Å². The number of carbonyl (C=O) groups excluding carboxylic acids is 1. The summed E-state index contributed by atoms with van der Waals surface area (Å²) < 4.78 is 22.3. The SMILES string of the molecule is NC(=O)CCCNC1CCS(=O)(=O)CC1. The van der Waals surface area contributed by atoms with Crippen molar-refractivity contribution in [2.75, 3.05) is 18.1 Å². The third-order valence-electron chi connectivity index (χ3n) is 2.59. The van der Waals surface area contributed by atoms with E-state index in [2.05, 4.69) is 5.32 Å². The maximum absolute atomic E-state index is 11.1. The highest BCUT2D eigenvalue weighted by Gasteiger charge is 2.22. The zero-order chi connectivity index (χ0) is 11.3. The van der Waals surface area contributed by atoms with Crippen LogP contribution in [-0.4, -0.2) is 38.4 Å². The van der Waals surface area contributed by atoms with Crippen LogP contribution >= 0.6 is 0 Å². The van der Waals surface area contributed by atoms with Gasteiger partial charge in [0.25, 0.3) is 0 Å². The molecule has 0 aromatic rings. The molecule has 1 amide bonds. The van der Waals surface area contributed by atoms with Gasteiger partial charge in [0, 0.05) is 12.5 Å². The molecule has 1 aliphatic rings. The van der Waals surface area contributed by atoms with E-state index in [0.29, 0.717) is 19.3 Å². The fraction of sp³-hybridized carbons (Fsp3) is 0.889. The third kappa shape index (κ3) is 5.13. The molecule has 1 fully saturated rings. The van der Waals surface area contributed by atoms with E-state index in [4.69, 9.17) is 5.73 Å². The van der Waals surface area contributed by atoms with Gasteiger partial charge in [0.2, 0.25) is 5.91 Å². The largest absolute Gasteiger partial charge is 0.370 e. The molecule has 0 unspecified atom stereocenters. The van der Waals surface area contributed by atoms with Crippen molar-refractivity contribution in [2.24, 2.45) is 5.73 Å². The highest BCUT2D eigenvalue weighted by Crippen LogP contribution is 2.11. The Balaban J connectivity index is 2.11. The van der Waals surface area contributed by atoms with Crippen LogP contribution in [0.4, 0.5) is 0 Å². The summed E-state index contributed by atoms with van der Waals surface area (Å²) in [4.78, 5) is 10.5. The molecule has 1 saturated heterocycles. The van der Waals surface area contributed by atoms with Gasteiger partial charge in [-0.3, -0.25) is 4.79 Å². The monoisotopic (exact) mass is 234 g/mol. The smallest absolute Gasteiger partial charge is 0.217 e. The van der Waals surface area contributed by atoms with Gasteiger partial charge in [0.1, 0.15) is 9.84 Å². The Labute approximate surface area is 90.3 Å². The Morgan fingerprint density at radius 1 is 1.33 bits per heavy atom. The van der Waals surface area contributed by atoms with Crippen LogP contribution in [0.5, 0.6) is 0 Å². The van der Waals surface area contributed by atoms with Crippen molar-refractivity contribution in [2.45, 2.75) is 31.7 Å². The predicted molar refractivity (Wildman–Crippen MR) is 58.1 cm³/mol. The average Bonchev–Trinajstić information content (AvgIpc) is 2.14. The summed E-state index contributed by atoms with van der Waals surface area (Å²) in [6, 6.07) is 0.279. The lowest BCUT2D eigenvalue weighted by Crippen LogP contribution is -2.38. The van der Waals surface area contributed by atoms with Gasteiger partial charge in [-0.1, -0.05) is 0 Å². The van der Waals surface area contributed by atoms with Crippen LogP contribution in [0, 0.1) is 0 Å². The van der Waals surface area contributed by atoms with E-state index in [1.165, 1.54) is 0 Å². The summed E-state index contributed by atoms with van der Waals surface area (Å²) in [6.45, 7) is 0.730. The first-order chi connectivity index (χ1) is 6.99. The van der Waals surface area contributed by atoms with Crippen LogP contribution in [0.2, 0.25) is 0 Å². The van der Waals surface area contributed by atoms with Crippen molar-refractivity contribution in [1.29, 1.82) is 0 Å². The molecule has 0 aromatic carbocycles. The van der Waals surface area contributed by atoms with Crippen LogP contribution in [0.3, 0.4) is 0 Å². The number of nitrogens with two attached hydrogens (primary N) is 1.